The van der Waals surface area contributed by atoms with Crippen molar-refractivity contribution in [2.45, 2.75) is 5.38 Å². The molecular formula is C13H18ClNO4. The Bertz CT molecular complexity index is 439. The van der Waals surface area contributed by atoms with Crippen LogP contribution in [0, 0.1) is 0 Å². The fourth-order valence-corrected chi connectivity index (χ4v) is 2.01. The zero-order chi connectivity index (χ0) is 14.4. The summed E-state index contributed by atoms with van der Waals surface area (Å²) in [6, 6.07) is 4.77. The zero-order valence-electron chi connectivity index (χ0n) is 11.2. The van der Waals surface area contributed by atoms with Crippen LogP contribution in [0.1, 0.15) is 10.4 Å². The van der Waals surface area contributed by atoms with Crippen LogP contribution >= 0.6 is 11.6 Å². The Morgan fingerprint density at radius 1 is 1.47 bits per heavy atom. The van der Waals surface area contributed by atoms with Crippen LogP contribution in [0.3, 0.4) is 0 Å². The topological polar surface area (TPSA) is 59.0 Å². The highest BCUT2D eigenvalue weighted by atomic mass is 35.5. The number of rotatable bonds is 6. The van der Waals surface area contributed by atoms with E-state index in [1.54, 1.807) is 26.3 Å². The highest BCUT2D eigenvalue weighted by Crippen LogP contribution is 2.30. The molecule has 0 saturated heterocycles. The first-order valence-electron chi connectivity index (χ1n) is 5.75. The maximum absolute atomic E-state index is 12.2. The predicted octanol–water partition coefficient (Wildman–Crippen LogP) is 1.73. The zero-order valence-corrected chi connectivity index (χ0v) is 12.0. The maximum atomic E-state index is 12.2. The summed E-state index contributed by atoms with van der Waals surface area (Å²) in [4.78, 5) is 13.6. The van der Waals surface area contributed by atoms with E-state index in [-0.39, 0.29) is 28.3 Å². The molecule has 1 aromatic carbocycles. The first-order valence-corrected chi connectivity index (χ1v) is 6.19. The number of hydrogen-bond donors (Lipinski definition) is 1. The van der Waals surface area contributed by atoms with E-state index in [1.165, 1.54) is 18.1 Å². The Labute approximate surface area is 117 Å². The van der Waals surface area contributed by atoms with Gasteiger partial charge in [0, 0.05) is 20.7 Å². The molecular weight excluding hydrogens is 270 g/mol. The van der Waals surface area contributed by atoms with Gasteiger partial charge in [-0.3, -0.25) is 4.79 Å². The molecule has 1 aromatic rings. The van der Waals surface area contributed by atoms with Gasteiger partial charge < -0.3 is 19.5 Å². The Kier molecular flexibility index (Phi) is 5.92. The van der Waals surface area contributed by atoms with Crippen LogP contribution in [0.5, 0.6) is 11.5 Å². The number of phenols is 1. The van der Waals surface area contributed by atoms with Gasteiger partial charge in [-0.1, -0.05) is 6.07 Å². The molecule has 19 heavy (non-hydrogen) atoms. The fraction of sp³-hybridized carbons (Fsp3) is 0.462. The molecule has 1 rings (SSSR count). The van der Waals surface area contributed by atoms with E-state index in [4.69, 9.17) is 21.1 Å². The van der Waals surface area contributed by atoms with Gasteiger partial charge in [0.1, 0.15) is 0 Å². The van der Waals surface area contributed by atoms with E-state index < -0.39 is 0 Å². The van der Waals surface area contributed by atoms with Crippen LogP contribution in [-0.2, 0) is 4.74 Å². The van der Waals surface area contributed by atoms with Crippen LogP contribution in [0.2, 0.25) is 0 Å². The van der Waals surface area contributed by atoms with Crippen molar-refractivity contribution in [1.29, 1.82) is 0 Å². The van der Waals surface area contributed by atoms with Crippen molar-refractivity contribution in [3.63, 3.8) is 0 Å². The minimum absolute atomic E-state index is 0.167. The van der Waals surface area contributed by atoms with E-state index >= 15 is 0 Å². The molecule has 6 heteroatoms. The molecule has 0 bridgehead atoms. The van der Waals surface area contributed by atoms with Crippen LogP contribution in [-0.4, -0.2) is 55.7 Å². The molecule has 106 valence electrons. The third kappa shape index (κ3) is 4.01. The van der Waals surface area contributed by atoms with Crippen LogP contribution in [0.15, 0.2) is 18.2 Å². The fourth-order valence-electron chi connectivity index (χ4n) is 1.68. The van der Waals surface area contributed by atoms with Gasteiger partial charge in [-0.25, -0.2) is 0 Å². The number of halogens is 1. The molecule has 0 radical (unpaired) electrons. The van der Waals surface area contributed by atoms with Crippen molar-refractivity contribution in [2.75, 3.05) is 34.4 Å². The van der Waals surface area contributed by atoms with Gasteiger partial charge >= 0.3 is 0 Å². The monoisotopic (exact) mass is 287 g/mol. The number of methoxy groups -OCH3 is 2. The molecule has 1 atom stereocenters. The van der Waals surface area contributed by atoms with Crippen molar-refractivity contribution >= 4 is 17.5 Å². The summed E-state index contributed by atoms with van der Waals surface area (Å²) in [7, 11) is 4.60. The van der Waals surface area contributed by atoms with Gasteiger partial charge in [0.05, 0.1) is 24.7 Å². The van der Waals surface area contributed by atoms with Gasteiger partial charge in [-0.05, 0) is 12.1 Å². The van der Waals surface area contributed by atoms with Crippen molar-refractivity contribution in [2.24, 2.45) is 0 Å². The van der Waals surface area contributed by atoms with Crippen LogP contribution in [0.4, 0.5) is 0 Å². The van der Waals surface area contributed by atoms with Crippen molar-refractivity contribution in [1.82, 2.24) is 4.90 Å². The Hall–Kier alpha value is -1.46. The Balaban J connectivity index is 2.82. The number of nitrogens with zero attached hydrogens (tertiary/aromatic N) is 1. The minimum atomic E-state index is -0.321. The number of hydrogen-bond acceptors (Lipinski definition) is 4. The number of amides is 1. The van der Waals surface area contributed by atoms with Gasteiger partial charge in [0.2, 0.25) is 0 Å². The van der Waals surface area contributed by atoms with E-state index in [9.17, 15) is 9.90 Å². The highest BCUT2D eigenvalue weighted by Gasteiger charge is 2.20. The third-order valence-corrected chi connectivity index (χ3v) is 2.88. The number of aromatic hydroxyl groups is 1. The molecule has 5 nitrogen and oxygen atoms in total. The molecule has 1 amide bonds. The summed E-state index contributed by atoms with van der Waals surface area (Å²) < 4.78 is 9.88. The molecule has 1 unspecified atom stereocenters. The molecule has 0 heterocycles. The lowest BCUT2D eigenvalue weighted by Crippen LogP contribution is -2.34. The number of carbonyl (C=O) groups is 1. The average Bonchev–Trinajstić information content (AvgIpc) is 2.38. The summed E-state index contributed by atoms with van der Waals surface area (Å²) >= 11 is 6.00. The largest absolute Gasteiger partial charge is 0.504 e. The number of phenolic OH excluding ortho intramolecular Hbond substituents is 1. The first-order chi connectivity index (χ1) is 9.01. The summed E-state index contributed by atoms with van der Waals surface area (Å²) in [5.41, 5.74) is 0.183. The second kappa shape index (κ2) is 7.21. The number of benzene rings is 1. The summed E-state index contributed by atoms with van der Waals surface area (Å²) in [6.07, 6.45) is 0. The lowest BCUT2D eigenvalue weighted by Gasteiger charge is -2.20. The molecule has 1 N–H and O–H groups in total. The van der Waals surface area contributed by atoms with Gasteiger partial charge in [0.15, 0.2) is 11.5 Å². The second-order valence-corrected chi connectivity index (χ2v) is 4.71. The molecule has 0 aliphatic carbocycles. The Morgan fingerprint density at radius 2 is 2.16 bits per heavy atom. The maximum Gasteiger partial charge on any atom is 0.257 e. The molecule has 0 aliphatic heterocycles. The lowest BCUT2D eigenvalue weighted by atomic mass is 10.1. The van der Waals surface area contributed by atoms with E-state index in [0.29, 0.717) is 13.2 Å². The minimum Gasteiger partial charge on any atom is -0.504 e. The van der Waals surface area contributed by atoms with Crippen LogP contribution < -0.4 is 4.74 Å². The highest BCUT2D eigenvalue weighted by molar-refractivity contribution is 6.21. The average molecular weight is 288 g/mol. The second-order valence-electron chi connectivity index (χ2n) is 4.09. The summed E-state index contributed by atoms with van der Waals surface area (Å²) in [5, 5.41) is 9.62. The van der Waals surface area contributed by atoms with E-state index in [2.05, 4.69) is 0 Å². The smallest absolute Gasteiger partial charge is 0.257 e. The van der Waals surface area contributed by atoms with Crippen molar-refractivity contribution in [3.05, 3.63) is 23.8 Å². The van der Waals surface area contributed by atoms with E-state index in [0.717, 1.165) is 0 Å². The quantitative estimate of drug-likeness (QED) is 0.810. The SMILES string of the molecule is COCC(Cl)CN(C)C(=O)c1cccc(OC)c1O. The number of carbonyl (C=O) groups excluding carboxylic acids is 1. The summed E-state index contributed by atoms with van der Waals surface area (Å²) in [6.45, 7) is 0.675. The normalized spacial score (nSPS) is 12.0. The number of para-hydroxylation sites is 1. The number of ether oxygens (including phenoxy) is 2. The van der Waals surface area contributed by atoms with Gasteiger partial charge in [-0.2, -0.15) is 0 Å². The molecule has 0 aromatic heterocycles. The van der Waals surface area contributed by atoms with Gasteiger partial charge in [0.25, 0.3) is 5.91 Å². The molecule has 0 spiro atoms. The van der Waals surface area contributed by atoms with Crippen molar-refractivity contribution in [3.8, 4) is 11.5 Å². The Morgan fingerprint density at radius 3 is 2.74 bits per heavy atom. The van der Waals surface area contributed by atoms with Crippen LogP contribution in [0.25, 0.3) is 0 Å². The lowest BCUT2D eigenvalue weighted by molar-refractivity contribution is 0.0778. The molecule has 0 saturated carbocycles. The third-order valence-electron chi connectivity index (χ3n) is 2.62. The van der Waals surface area contributed by atoms with Gasteiger partial charge in [-0.15, -0.1) is 11.6 Å². The number of alkyl halides is 1. The predicted molar refractivity (Wildman–Crippen MR) is 73.1 cm³/mol. The first kappa shape index (κ1) is 15.6. The van der Waals surface area contributed by atoms with Crippen molar-refractivity contribution < 1.29 is 19.4 Å². The summed E-state index contributed by atoms with van der Waals surface area (Å²) in [5.74, 6) is -0.226. The van der Waals surface area contributed by atoms with E-state index in [1.807, 2.05) is 0 Å². The standard InChI is InChI=1S/C13H18ClNO4/c1-15(7-9(14)8-18-2)13(17)10-5-4-6-11(19-3)12(10)16/h4-6,9,16H,7-8H2,1-3H3. The molecule has 0 fully saturated rings. The molecule has 0 aliphatic rings.